The molecule has 0 spiro atoms. The van der Waals surface area contributed by atoms with Gasteiger partial charge < -0.3 is 9.73 Å². The maximum Gasteiger partial charge on any atom is 0.256 e. The first-order chi connectivity index (χ1) is 10.1. The number of aryl methyl sites for hydroxylation is 2. The van der Waals surface area contributed by atoms with Gasteiger partial charge in [-0.2, -0.15) is 0 Å². The highest BCUT2D eigenvalue weighted by Gasteiger charge is 2.17. The molecule has 0 radical (unpaired) electrons. The van der Waals surface area contributed by atoms with Gasteiger partial charge in [0.25, 0.3) is 5.22 Å². The highest BCUT2D eigenvalue weighted by Crippen LogP contribution is 2.24. The Morgan fingerprint density at radius 3 is 2.67 bits per heavy atom. The van der Waals surface area contributed by atoms with E-state index in [1.54, 1.807) is 0 Å². The van der Waals surface area contributed by atoms with E-state index in [9.17, 15) is 4.79 Å². The second kappa shape index (κ2) is 7.31. The number of carbonyl (C=O) groups is 1. The lowest BCUT2D eigenvalue weighted by Crippen LogP contribution is -2.32. The quantitative estimate of drug-likeness (QED) is 0.833. The largest absolute Gasteiger partial charge is 0.437 e. The van der Waals surface area contributed by atoms with Crippen molar-refractivity contribution in [1.29, 1.82) is 0 Å². The molecule has 1 aromatic heterocycles. The second-order valence-corrected chi connectivity index (χ2v) is 6.20. The van der Waals surface area contributed by atoms with Crippen LogP contribution in [0.15, 0.2) is 40.0 Å². The van der Waals surface area contributed by atoms with Crippen molar-refractivity contribution in [2.75, 3.05) is 6.54 Å². The molecule has 1 N–H and O–H groups in total. The van der Waals surface area contributed by atoms with Crippen LogP contribution in [0.2, 0.25) is 0 Å². The Balaban J connectivity index is 1.77. The molecule has 0 bridgehead atoms. The molecule has 1 unspecified atom stereocenters. The molecule has 0 aliphatic heterocycles. The van der Waals surface area contributed by atoms with E-state index < -0.39 is 0 Å². The fraction of sp³-hybridized carbons (Fsp3) is 0.375. The number of nitrogens with zero attached hydrogens (tertiary/aromatic N) is 1. The molecular formula is C16H20N2O2S. The summed E-state index contributed by atoms with van der Waals surface area (Å²) >= 11 is 1.34. The predicted molar refractivity (Wildman–Crippen MR) is 84.5 cm³/mol. The minimum atomic E-state index is -0.224. The standard InChI is InChI=1S/C16H20N2O2S/c1-11-12(2)20-16(18-11)21-13(3)15(19)17-10-9-14-7-5-4-6-8-14/h4-8,13H,9-10H2,1-3H3,(H,17,19). The Morgan fingerprint density at radius 1 is 1.33 bits per heavy atom. The van der Waals surface area contributed by atoms with Crippen LogP contribution in [0.3, 0.4) is 0 Å². The number of hydrogen-bond acceptors (Lipinski definition) is 4. The molecule has 0 aliphatic carbocycles. The molecule has 2 rings (SSSR count). The van der Waals surface area contributed by atoms with E-state index in [1.807, 2.05) is 39.0 Å². The van der Waals surface area contributed by atoms with Crippen LogP contribution in [0.5, 0.6) is 0 Å². The van der Waals surface area contributed by atoms with E-state index in [2.05, 4.69) is 22.4 Å². The van der Waals surface area contributed by atoms with Gasteiger partial charge in [-0.05, 0) is 32.8 Å². The topological polar surface area (TPSA) is 55.1 Å². The van der Waals surface area contributed by atoms with E-state index in [0.29, 0.717) is 11.8 Å². The molecule has 0 saturated heterocycles. The van der Waals surface area contributed by atoms with Crippen molar-refractivity contribution in [2.45, 2.75) is 37.7 Å². The molecule has 0 aliphatic rings. The summed E-state index contributed by atoms with van der Waals surface area (Å²) in [5.74, 6) is 0.804. The molecule has 4 nitrogen and oxygen atoms in total. The van der Waals surface area contributed by atoms with Crippen molar-refractivity contribution >= 4 is 17.7 Å². The van der Waals surface area contributed by atoms with Crippen LogP contribution in [0.25, 0.3) is 0 Å². The fourth-order valence-corrected chi connectivity index (χ4v) is 2.67. The number of benzene rings is 1. The van der Waals surface area contributed by atoms with Gasteiger partial charge in [0, 0.05) is 6.54 Å². The third-order valence-electron chi connectivity index (χ3n) is 3.21. The van der Waals surface area contributed by atoms with E-state index in [1.165, 1.54) is 17.3 Å². The lowest BCUT2D eigenvalue weighted by Gasteiger charge is -2.10. The lowest BCUT2D eigenvalue weighted by atomic mass is 10.1. The summed E-state index contributed by atoms with van der Waals surface area (Å²) in [6, 6.07) is 10.1. The van der Waals surface area contributed by atoms with Gasteiger partial charge in [-0.1, -0.05) is 42.1 Å². The first-order valence-corrected chi connectivity index (χ1v) is 7.86. The first kappa shape index (κ1) is 15.6. The minimum Gasteiger partial charge on any atom is -0.437 e. The SMILES string of the molecule is Cc1nc(SC(C)C(=O)NCCc2ccccc2)oc1C. The molecule has 1 amide bonds. The van der Waals surface area contributed by atoms with Crippen molar-refractivity contribution in [3.05, 3.63) is 47.3 Å². The van der Waals surface area contributed by atoms with Gasteiger partial charge in [-0.3, -0.25) is 4.79 Å². The Labute approximate surface area is 129 Å². The van der Waals surface area contributed by atoms with Gasteiger partial charge in [0.1, 0.15) is 5.76 Å². The van der Waals surface area contributed by atoms with Crippen LogP contribution in [0.1, 0.15) is 23.9 Å². The van der Waals surface area contributed by atoms with Crippen molar-refractivity contribution in [1.82, 2.24) is 10.3 Å². The number of aromatic nitrogens is 1. The normalized spacial score (nSPS) is 12.1. The molecule has 5 heteroatoms. The third kappa shape index (κ3) is 4.63. The highest BCUT2D eigenvalue weighted by atomic mass is 32.2. The van der Waals surface area contributed by atoms with E-state index in [0.717, 1.165) is 17.9 Å². The molecule has 112 valence electrons. The van der Waals surface area contributed by atoms with Gasteiger partial charge in [0.2, 0.25) is 5.91 Å². The van der Waals surface area contributed by atoms with Gasteiger partial charge in [-0.15, -0.1) is 0 Å². The zero-order chi connectivity index (χ0) is 15.2. The molecule has 1 aromatic carbocycles. The molecule has 2 aromatic rings. The Bertz CT molecular complexity index is 576. The first-order valence-electron chi connectivity index (χ1n) is 6.98. The maximum absolute atomic E-state index is 12.0. The molecular weight excluding hydrogens is 284 g/mol. The molecule has 1 heterocycles. The fourth-order valence-electron chi connectivity index (χ4n) is 1.82. The number of thioether (sulfide) groups is 1. The van der Waals surface area contributed by atoms with Crippen molar-refractivity contribution < 1.29 is 9.21 Å². The average molecular weight is 304 g/mol. The summed E-state index contributed by atoms with van der Waals surface area (Å²) in [6.45, 7) is 6.26. The average Bonchev–Trinajstić information content (AvgIpc) is 2.78. The number of hydrogen-bond donors (Lipinski definition) is 1. The second-order valence-electron chi connectivity index (χ2n) is 4.91. The number of oxazole rings is 1. The number of carbonyl (C=O) groups excluding carboxylic acids is 1. The third-order valence-corrected chi connectivity index (χ3v) is 4.16. The molecule has 0 saturated carbocycles. The number of nitrogens with one attached hydrogen (secondary N) is 1. The zero-order valence-electron chi connectivity index (χ0n) is 12.6. The van der Waals surface area contributed by atoms with Crippen molar-refractivity contribution in [3.63, 3.8) is 0 Å². The molecule has 21 heavy (non-hydrogen) atoms. The Hall–Kier alpha value is -1.75. The summed E-state index contributed by atoms with van der Waals surface area (Å²) < 4.78 is 5.48. The predicted octanol–water partition coefficient (Wildman–Crippen LogP) is 3.13. The monoisotopic (exact) mass is 304 g/mol. The lowest BCUT2D eigenvalue weighted by molar-refractivity contribution is -0.120. The summed E-state index contributed by atoms with van der Waals surface area (Å²) in [5.41, 5.74) is 2.09. The van der Waals surface area contributed by atoms with Gasteiger partial charge in [-0.25, -0.2) is 4.98 Å². The molecule has 1 atom stereocenters. The Morgan fingerprint density at radius 2 is 2.05 bits per heavy atom. The van der Waals surface area contributed by atoms with Crippen molar-refractivity contribution in [2.24, 2.45) is 0 Å². The smallest absolute Gasteiger partial charge is 0.256 e. The van der Waals surface area contributed by atoms with Crippen LogP contribution in [0, 0.1) is 13.8 Å². The van der Waals surface area contributed by atoms with Crippen LogP contribution in [-0.2, 0) is 11.2 Å². The zero-order valence-corrected chi connectivity index (χ0v) is 13.4. The van der Waals surface area contributed by atoms with Gasteiger partial charge in [0.15, 0.2) is 0 Å². The molecule has 0 fully saturated rings. The van der Waals surface area contributed by atoms with Gasteiger partial charge >= 0.3 is 0 Å². The Kier molecular flexibility index (Phi) is 5.44. The van der Waals surface area contributed by atoms with Crippen LogP contribution in [0.4, 0.5) is 0 Å². The summed E-state index contributed by atoms with van der Waals surface area (Å²) in [4.78, 5) is 16.3. The van der Waals surface area contributed by atoms with Crippen molar-refractivity contribution in [3.8, 4) is 0 Å². The maximum atomic E-state index is 12.0. The summed E-state index contributed by atoms with van der Waals surface area (Å²) in [5, 5.41) is 3.27. The van der Waals surface area contributed by atoms with Crippen LogP contribution in [-0.4, -0.2) is 22.7 Å². The van der Waals surface area contributed by atoms with E-state index in [-0.39, 0.29) is 11.2 Å². The number of amides is 1. The van der Waals surface area contributed by atoms with Crippen LogP contribution >= 0.6 is 11.8 Å². The number of rotatable bonds is 6. The highest BCUT2D eigenvalue weighted by molar-refractivity contribution is 8.00. The van der Waals surface area contributed by atoms with Crippen LogP contribution < -0.4 is 5.32 Å². The van der Waals surface area contributed by atoms with E-state index in [4.69, 9.17) is 4.42 Å². The summed E-state index contributed by atoms with van der Waals surface area (Å²) in [6.07, 6.45) is 0.835. The van der Waals surface area contributed by atoms with E-state index >= 15 is 0 Å². The minimum absolute atomic E-state index is 0.00411. The van der Waals surface area contributed by atoms with Gasteiger partial charge in [0.05, 0.1) is 10.9 Å². The summed E-state index contributed by atoms with van der Waals surface area (Å²) in [7, 11) is 0.